The minimum atomic E-state index is -3.62. The van der Waals surface area contributed by atoms with Gasteiger partial charge in [0.15, 0.2) is 0 Å². The molecule has 1 saturated heterocycles. The Labute approximate surface area is 163 Å². The van der Waals surface area contributed by atoms with Gasteiger partial charge < -0.3 is 9.64 Å². The SMILES string of the molecule is COc1ccccc1S(=O)(=O)NCCN1CCN(C(=O)c2cccs2)CC1. The number of hydrogen-bond donors (Lipinski definition) is 1. The molecule has 0 radical (unpaired) electrons. The van der Waals surface area contributed by atoms with Crippen molar-refractivity contribution in [2.24, 2.45) is 0 Å². The molecule has 2 heterocycles. The summed E-state index contributed by atoms with van der Waals surface area (Å²) >= 11 is 1.45. The molecule has 1 aromatic heterocycles. The quantitative estimate of drug-likeness (QED) is 0.750. The zero-order chi connectivity index (χ0) is 19.3. The van der Waals surface area contributed by atoms with Crippen LogP contribution in [0.3, 0.4) is 0 Å². The maximum atomic E-state index is 12.5. The summed E-state index contributed by atoms with van der Waals surface area (Å²) in [5, 5.41) is 1.90. The monoisotopic (exact) mass is 409 g/mol. The number of carbonyl (C=O) groups excluding carboxylic acids is 1. The molecule has 1 amide bonds. The largest absolute Gasteiger partial charge is 0.495 e. The summed E-state index contributed by atoms with van der Waals surface area (Å²) < 4.78 is 32.7. The van der Waals surface area contributed by atoms with Gasteiger partial charge >= 0.3 is 0 Å². The molecule has 1 N–H and O–H groups in total. The summed E-state index contributed by atoms with van der Waals surface area (Å²) in [5.41, 5.74) is 0. The number of thiophene rings is 1. The van der Waals surface area contributed by atoms with Crippen LogP contribution in [-0.2, 0) is 10.0 Å². The first kappa shape index (κ1) is 19.8. The maximum absolute atomic E-state index is 12.5. The fraction of sp³-hybridized carbons (Fsp3) is 0.389. The molecular formula is C18H23N3O4S2. The number of carbonyl (C=O) groups is 1. The van der Waals surface area contributed by atoms with E-state index in [2.05, 4.69) is 9.62 Å². The van der Waals surface area contributed by atoms with Crippen LogP contribution in [-0.4, -0.2) is 70.5 Å². The lowest BCUT2D eigenvalue weighted by Crippen LogP contribution is -2.50. The van der Waals surface area contributed by atoms with Gasteiger partial charge in [-0.1, -0.05) is 18.2 Å². The third kappa shape index (κ3) is 4.86. The number of ether oxygens (including phenoxy) is 1. The standard InChI is InChI=1S/C18H23N3O4S2/c1-25-15-5-2-3-7-17(15)27(23,24)19-8-9-20-10-12-21(13-11-20)18(22)16-6-4-14-26-16/h2-7,14,19H,8-13H2,1H3. The van der Waals surface area contributed by atoms with Crippen molar-refractivity contribution in [2.45, 2.75) is 4.90 Å². The van der Waals surface area contributed by atoms with Crippen molar-refractivity contribution < 1.29 is 17.9 Å². The molecule has 1 aliphatic heterocycles. The predicted molar refractivity (Wildman–Crippen MR) is 105 cm³/mol. The number of rotatable bonds is 7. The van der Waals surface area contributed by atoms with Crippen molar-refractivity contribution in [3.05, 3.63) is 46.7 Å². The van der Waals surface area contributed by atoms with Crippen LogP contribution in [0.25, 0.3) is 0 Å². The van der Waals surface area contributed by atoms with Gasteiger partial charge in [0, 0.05) is 39.3 Å². The van der Waals surface area contributed by atoms with Crippen molar-refractivity contribution in [3.8, 4) is 5.75 Å². The Bertz CT molecular complexity index is 860. The smallest absolute Gasteiger partial charge is 0.264 e. The molecule has 9 heteroatoms. The van der Waals surface area contributed by atoms with Crippen LogP contribution in [0.5, 0.6) is 5.75 Å². The fourth-order valence-electron chi connectivity index (χ4n) is 2.99. The molecule has 1 aliphatic rings. The number of nitrogens with zero attached hydrogens (tertiary/aromatic N) is 2. The number of benzene rings is 1. The number of methoxy groups -OCH3 is 1. The van der Waals surface area contributed by atoms with Gasteiger partial charge in [-0.05, 0) is 23.6 Å². The molecule has 27 heavy (non-hydrogen) atoms. The van der Waals surface area contributed by atoms with Gasteiger partial charge in [0.1, 0.15) is 10.6 Å². The van der Waals surface area contributed by atoms with Crippen molar-refractivity contribution in [3.63, 3.8) is 0 Å². The van der Waals surface area contributed by atoms with Crippen LogP contribution in [0.4, 0.5) is 0 Å². The molecule has 7 nitrogen and oxygen atoms in total. The van der Waals surface area contributed by atoms with Gasteiger partial charge in [-0.25, -0.2) is 13.1 Å². The number of amides is 1. The third-order valence-corrected chi connectivity index (χ3v) is 6.83. The average Bonchev–Trinajstić information content (AvgIpc) is 3.22. The van der Waals surface area contributed by atoms with Gasteiger partial charge in [-0.3, -0.25) is 9.69 Å². The second-order valence-electron chi connectivity index (χ2n) is 6.16. The van der Waals surface area contributed by atoms with Gasteiger partial charge in [0.25, 0.3) is 5.91 Å². The Morgan fingerprint density at radius 2 is 1.89 bits per heavy atom. The summed E-state index contributed by atoms with van der Waals surface area (Å²) in [4.78, 5) is 17.2. The molecule has 3 rings (SSSR count). The van der Waals surface area contributed by atoms with E-state index in [9.17, 15) is 13.2 Å². The van der Waals surface area contributed by atoms with E-state index in [0.29, 0.717) is 31.9 Å². The van der Waals surface area contributed by atoms with Crippen LogP contribution >= 0.6 is 11.3 Å². The lowest BCUT2D eigenvalue weighted by molar-refractivity contribution is 0.0645. The molecule has 0 bridgehead atoms. The van der Waals surface area contributed by atoms with E-state index >= 15 is 0 Å². The predicted octanol–water partition coefficient (Wildman–Crippen LogP) is 1.49. The highest BCUT2D eigenvalue weighted by molar-refractivity contribution is 7.89. The number of para-hydroxylation sites is 1. The average molecular weight is 410 g/mol. The van der Waals surface area contributed by atoms with Crippen molar-refractivity contribution >= 4 is 27.3 Å². The first-order chi connectivity index (χ1) is 13.0. The summed E-state index contributed by atoms with van der Waals surface area (Å²) in [6.07, 6.45) is 0. The fourth-order valence-corrected chi connectivity index (χ4v) is 4.87. The van der Waals surface area contributed by atoms with E-state index in [1.165, 1.54) is 24.5 Å². The first-order valence-electron chi connectivity index (χ1n) is 8.69. The molecule has 0 atom stereocenters. The van der Waals surface area contributed by atoms with Crippen LogP contribution < -0.4 is 9.46 Å². The Morgan fingerprint density at radius 3 is 2.56 bits per heavy atom. The second-order valence-corrected chi connectivity index (χ2v) is 8.84. The topological polar surface area (TPSA) is 79.0 Å². The molecule has 0 saturated carbocycles. The lowest BCUT2D eigenvalue weighted by atomic mass is 10.3. The Kier molecular flexibility index (Phi) is 6.48. The van der Waals surface area contributed by atoms with E-state index in [4.69, 9.17) is 4.74 Å². The van der Waals surface area contributed by atoms with Crippen molar-refractivity contribution in [1.29, 1.82) is 0 Å². The van der Waals surface area contributed by atoms with Crippen molar-refractivity contribution in [2.75, 3.05) is 46.4 Å². The van der Waals surface area contributed by atoms with Gasteiger partial charge in [-0.2, -0.15) is 0 Å². The molecule has 0 aliphatic carbocycles. The molecule has 0 unspecified atom stereocenters. The molecular weight excluding hydrogens is 386 g/mol. The van der Waals surface area contributed by atoms with Crippen LogP contribution in [0.15, 0.2) is 46.7 Å². The third-order valence-electron chi connectivity index (χ3n) is 4.47. The Balaban J connectivity index is 1.47. The molecule has 1 fully saturated rings. The summed E-state index contributed by atoms with van der Waals surface area (Å²) in [6, 6.07) is 10.3. The first-order valence-corrected chi connectivity index (χ1v) is 11.1. The van der Waals surface area contributed by atoms with E-state index < -0.39 is 10.0 Å². The summed E-state index contributed by atoms with van der Waals surface area (Å²) in [5.74, 6) is 0.396. The molecule has 2 aromatic rings. The van der Waals surface area contributed by atoms with Crippen LogP contribution in [0.1, 0.15) is 9.67 Å². The summed E-state index contributed by atoms with van der Waals surface area (Å²) in [7, 11) is -2.17. The zero-order valence-corrected chi connectivity index (χ0v) is 16.8. The van der Waals surface area contributed by atoms with Gasteiger partial charge in [-0.15, -0.1) is 11.3 Å². The minimum Gasteiger partial charge on any atom is -0.495 e. The highest BCUT2D eigenvalue weighted by Crippen LogP contribution is 2.22. The summed E-state index contributed by atoms with van der Waals surface area (Å²) in [6.45, 7) is 3.65. The van der Waals surface area contributed by atoms with Gasteiger partial charge in [0.05, 0.1) is 12.0 Å². The highest BCUT2D eigenvalue weighted by atomic mass is 32.2. The van der Waals surface area contributed by atoms with E-state index in [0.717, 1.165) is 18.0 Å². The second kappa shape index (κ2) is 8.83. The van der Waals surface area contributed by atoms with Crippen molar-refractivity contribution in [1.82, 2.24) is 14.5 Å². The van der Waals surface area contributed by atoms with E-state index in [-0.39, 0.29) is 10.8 Å². The molecule has 1 aromatic carbocycles. The normalized spacial score (nSPS) is 15.7. The molecule has 146 valence electrons. The number of hydrogen-bond acceptors (Lipinski definition) is 6. The Hall–Kier alpha value is -1.94. The molecule has 0 spiro atoms. The van der Waals surface area contributed by atoms with E-state index in [1.54, 1.807) is 18.2 Å². The lowest BCUT2D eigenvalue weighted by Gasteiger charge is -2.34. The zero-order valence-electron chi connectivity index (χ0n) is 15.1. The number of nitrogens with one attached hydrogen (secondary N) is 1. The highest BCUT2D eigenvalue weighted by Gasteiger charge is 2.23. The minimum absolute atomic E-state index is 0.0709. The van der Waals surface area contributed by atoms with Crippen LogP contribution in [0.2, 0.25) is 0 Å². The number of sulfonamides is 1. The number of piperazine rings is 1. The maximum Gasteiger partial charge on any atom is 0.264 e. The van der Waals surface area contributed by atoms with E-state index in [1.807, 2.05) is 22.4 Å². The Morgan fingerprint density at radius 1 is 1.15 bits per heavy atom. The van der Waals surface area contributed by atoms with Crippen LogP contribution in [0, 0.1) is 0 Å². The van der Waals surface area contributed by atoms with Gasteiger partial charge in [0.2, 0.25) is 10.0 Å².